The molecule has 2 aromatic carbocycles. The zero-order valence-corrected chi connectivity index (χ0v) is 15.7. The maximum absolute atomic E-state index is 12.4. The summed E-state index contributed by atoms with van der Waals surface area (Å²) in [6.07, 6.45) is 0. The van der Waals surface area contributed by atoms with Crippen molar-refractivity contribution in [2.45, 2.75) is 19.3 Å². The maximum Gasteiger partial charge on any atom is 0.387 e. The molecule has 1 heterocycles. The Morgan fingerprint density at radius 2 is 1.96 bits per heavy atom. The van der Waals surface area contributed by atoms with Crippen LogP contribution in [0.1, 0.15) is 11.5 Å². The highest BCUT2D eigenvalue weighted by molar-refractivity contribution is 7.99. The number of hydrogen-bond donors (Lipinski definition) is 1. The second-order valence-electron chi connectivity index (χ2n) is 5.74. The number of nitrogens with one attached hydrogen (secondary N) is 1. The fourth-order valence-corrected chi connectivity index (χ4v) is 3.08. The molecule has 0 fully saturated rings. The number of hydrogen-bond acceptors (Lipinski definition) is 6. The molecule has 0 saturated carbocycles. The van der Waals surface area contributed by atoms with Crippen molar-refractivity contribution >= 4 is 23.4 Å². The topological polar surface area (TPSA) is 77.2 Å². The molecule has 1 N–H and O–H groups in total. The summed E-state index contributed by atoms with van der Waals surface area (Å²) < 4.78 is 34.4. The Morgan fingerprint density at radius 3 is 2.75 bits per heavy atom. The fourth-order valence-electron chi connectivity index (χ4n) is 2.43. The van der Waals surface area contributed by atoms with E-state index in [0.717, 1.165) is 11.1 Å². The van der Waals surface area contributed by atoms with Crippen LogP contribution < -0.4 is 10.1 Å². The third-order valence-corrected chi connectivity index (χ3v) is 4.61. The number of halogens is 2. The van der Waals surface area contributed by atoms with Crippen LogP contribution in [0.5, 0.6) is 5.75 Å². The Kier molecular flexibility index (Phi) is 6.59. The Labute approximate surface area is 164 Å². The minimum atomic E-state index is -2.97. The lowest BCUT2D eigenvalue weighted by Gasteiger charge is -2.11. The molecule has 146 valence electrons. The first-order valence-electron chi connectivity index (χ1n) is 8.33. The fraction of sp³-hybridized carbons (Fsp3) is 0.211. The van der Waals surface area contributed by atoms with E-state index < -0.39 is 6.61 Å². The third-order valence-electron chi connectivity index (χ3n) is 3.69. The first kappa shape index (κ1) is 19.8. The van der Waals surface area contributed by atoms with Gasteiger partial charge in [-0.05, 0) is 24.6 Å². The van der Waals surface area contributed by atoms with Gasteiger partial charge in [0.05, 0.1) is 17.2 Å². The zero-order chi connectivity index (χ0) is 19.9. The van der Waals surface area contributed by atoms with Crippen molar-refractivity contribution in [2.24, 2.45) is 0 Å². The van der Waals surface area contributed by atoms with E-state index in [1.807, 2.05) is 31.2 Å². The number of rotatable bonds is 8. The minimum Gasteiger partial charge on any atom is -0.433 e. The van der Waals surface area contributed by atoms with Gasteiger partial charge in [-0.2, -0.15) is 13.8 Å². The summed E-state index contributed by atoms with van der Waals surface area (Å²) in [6, 6.07) is 13.7. The van der Waals surface area contributed by atoms with Gasteiger partial charge in [0, 0.05) is 5.56 Å². The Balaban J connectivity index is 1.52. The van der Waals surface area contributed by atoms with Crippen molar-refractivity contribution < 1.29 is 22.8 Å². The summed E-state index contributed by atoms with van der Waals surface area (Å²) in [5, 5.41) is 6.52. The van der Waals surface area contributed by atoms with Gasteiger partial charge in [0.1, 0.15) is 5.75 Å². The molecular formula is C19H17F2N3O3S. The average molecular weight is 405 g/mol. The summed E-state index contributed by atoms with van der Waals surface area (Å²) in [7, 11) is 0. The SMILES string of the molecule is Cc1ccccc1-c1noc(CSCC(=O)Nc2ccccc2OC(F)F)n1. The standard InChI is InChI=1S/C19H17F2N3O3S/c1-12-6-2-3-7-13(12)18-23-17(27-24-18)11-28-10-16(25)22-14-8-4-5-9-15(14)26-19(20)21/h2-9,19H,10-11H2,1H3,(H,22,25). The molecule has 3 rings (SSSR count). The van der Waals surface area contributed by atoms with Gasteiger partial charge in [0.2, 0.25) is 17.6 Å². The van der Waals surface area contributed by atoms with Gasteiger partial charge in [-0.25, -0.2) is 0 Å². The summed E-state index contributed by atoms with van der Waals surface area (Å²) in [4.78, 5) is 16.4. The van der Waals surface area contributed by atoms with Crippen LogP contribution in [0, 0.1) is 6.92 Å². The van der Waals surface area contributed by atoms with E-state index in [0.29, 0.717) is 17.5 Å². The molecule has 0 saturated heterocycles. The molecule has 6 nitrogen and oxygen atoms in total. The van der Waals surface area contributed by atoms with Gasteiger partial charge >= 0.3 is 6.61 Å². The molecular weight excluding hydrogens is 388 g/mol. The number of thioether (sulfide) groups is 1. The molecule has 0 aliphatic heterocycles. The van der Waals surface area contributed by atoms with Gasteiger partial charge in [0.15, 0.2) is 0 Å². The minimum absolute atomic E-state index is 0.0874. The second kappa shape index (κ2) is 9.32. The number of carbonyl (C=O) groups excluding carboxylic acids is 1. The normalized spacial score (nSPS) is 10.9. The van der Waals surface area contributed by atoms with Crippen molar-refractivity contribution in [2.75, 3.05) is 11.1 Å². The quantitative estimate of drug-likeness (QED) is 0.594. The van der Waals surface area contributed by atoms with E-state index in [9.17, 15) is 13.6 Å². The summed E-state index contributed by atoms with van der Waals surface area (Å²) in [5.41, 5.74) is 2.11. The molecule has 0 atom stereocenters. The van der Waals surface area contributed by atoms with Crippen LogP contribution in [0.4, 0.5) is 14.5 Å². The number of nitrogens with zero attached hydrogens (tertiary/aromatic N) is 2. The summed E-state index contributed by atoms with van der Waals surface area (Å²) >= 11 is 1.27. The summed E-state index contributed by atoms with van der Waals surface area (Å²) in [5.74, 6) is 0.894. The van der Waals surface area contributed by atoms with Crippen LogP contribution in [0.2, 0.25) is 0 Å². The number of alkyl halides is 2. The number of ether oxygens (including phenoxy) is 1. The first-order chi connectivity index (χ1) is 13.5. The highest BCUT2D eigenvalue weighted by atomic mass is 32.2. The number of amides is 1. The van der Waals surface area contributed by atoms with Crippen molar-refractivity contribution in [1.29, 1.82) is 0 Å². The lowest BCUT2D eigenvalue weighted by atomic mass is 10.1. The van der Waals surface area contributed by atoms with E-state index in [4.69, 9.17) is 4.52 Å². The van der Waals surface area contributed by atoms with E-state index in [2.05, 4.69) is 20.2 Å². The Bertz CT molecular complexity index is 949. The number of anilines is 1. The number of aromatic nitrogens is 2. The Morgan fingerprint density at radius 1 is 1.21 bits per heavy atom. The van der Waals surface area contributed by atoms with Crippen molar-refractivity contribution in [1.82, 2.24) is 10.1 Å². The smallest absolute Gasteiger partial charge is 0.387 e. The zero-order valence-electron chi connectivity index (χ0n) is 14.9. The van der Waals surface area contributed by atoms with Crippen LogP contribution >= 0.6 is 11.8 Å². The number of carbonyl (C=O) groups is 1. The lowest BCUT2D eigenvalue weighted by Crippen LogP contribution is -2.15. The van der Waals surface area contributed by atoms with E-state index >= 15 is 0 Å². The molecule has 0 aliphatic rings. The highest BCUT2D eigenvalue weighted by Crippen LogP contribution is 2.26. The van der Waals surface area contributed by atoms with Gasteiger partial charge < -0.3 is 14.6 Å². The average Bonchev–Trinajstić information content (AvgIpc) is 3.12. The molecule has 0 aliphatic carbocycles. The van der Waals surface area contributed by atoms with Gasteiger partial charge in [0.25, 0.3) is 0 Å². The summed E-state index contributed by atoms with van der Waals surface area (Å²) in [6.45, 7) is -1.01. The molecule has 0 spiro atoms. The van der Waals surface area contributed by atoms with E-state index in [1.54, 1.807) is 12.1 Å². The molecule has 1 amide bonds. The lowest BCUT2D eigenvalue weighted by molar-refractivity contribution is -0.113. The highest BCUT2D eigenvalue weighted by Gasteiger charge is 2.13. The Hall–Kier alpha value is -2.94. The molecule has 9 heteroatoms. The van der Waals surface area contributed by atoms with Crippen molar-refractivity contribution in [3.8, 4) is 17.1 Å². The van der Waals surface area contributed by atoms with E-state index in [1.165, 1.54) is 23.9 Å². The van der Waals surface area contributed by atoms with Gasteiger partial charge in [-0.3, -0.25) is 4.79 Å². The second-order valence-corrected chi connectivity index (χ2v) is 6.73. The van der Waals surface area contributed by atoms with Crippen molar-refractivity contribution in [3.63, 3.8) is 0 Å². The monoisotopic (exact) mass is 405 g/mol. The predicted molar refractivity (Wildman–Crippen MR) is 102 cm³/mol. The predicted octanol–water partition coefficient (Wildman–Crippen LogP) is 4.52. The van der Waals surface area contributed by atoms with Gasteiger partial charge in [-0.1, -0.05) is 41.6 Å². The molecule has 28 heavy (non-hydrogen) atoms. The molecule has 0 unspecified atom stereocenters. The molecule has 3 aromatic rings. The molecule has 0 bridgehead atoms. The van der Waals surface area contributed by atoms with Crippen molar-refractivity contribution in [3.05, 3.63) is 60.0 Å². The number of aryl methyl sites for hydroxylation is 1. The number of benzene rings is 2. The van der Waals surface area contributed by atoms with E-state index in [-0.39, 0.29) is 23.1 Å². The van der Waals surface area contributed by atoms with Crippen LogP contribution in [0.3, 0.4) is 0 Å². The van der Waals surface area contributed by atoms with Gasteiger partial charge in [-0.15, -0.1) is 11.8 Å². The largest absolute Gasteiger partial charge is 0.433 e. The molecule has 0 radical (unpaired) electrons. The maximum atomic E-state index is 12.4. The third kappa shape index (κ3) is 5.29. The van der Waals surface area contributed by atoms with Crippen LogP contribution in [-0.2, 0) is 10.5 Å². The molecule has 1 aromatic heterocycles. The number of para-hydroxylation sites is 2. The first-order valence-corrected chi connectivity index (χ1v) is 9.48. The van der Waals surface area contributed by atoms with Crippen LogP contribution in [0.25, 0.3) is 11.4 Å². The van der Waals surface area contributed by atoms with Crippen LogP contribution in [-0.4, -0.2) is 28.4 Å². The van der Waals surface area contributed by atoms with Crippen LogP contribution in [0.15, 0.2) is 53.1 Å².